The predicted molar refractivity (Wildman–Crippen MR) is 132 cm³/mol. The number of hydrogen-bond donors (Lipinski definition) is 2. The molecule has 1 aromatic carbocycles. The first kappa shape index (κ1) is 25.2. The Kier molecular flexibility index (Phi) is 12.7. The van der Waals surface area contributed by atoms with Crippen molar-refractivity contribution in [2.45, 2.75) is 58.7 Å². The molecule has 28 heavy (non-hydrogen) atoms. The lowest BCUT2D eigenvalue weighted by Crippen LogP contribution is -2.41. The summed E-state index contributed by atoms with van der Waals surface area (Å²) in [4.78, 5) is 9.59. The zero-order chi connectivity index (χ0) is 19.5. The van der Waals surface area contributed by atoms with E-state index >= 15 is 0 Å². The number of halogens is 1. The summed E-state index contributed by atoms with van der Waals surface area (Å²) in [6.07, 6.45) is 5.26. The molecule has 5 nitrogen and oxygen atoms in total. The highest BCUT2D eigenvalue weighted by Crippen LogP contribution is 2.16. The van der Waals surface area contributed by atoms with Crippen molar-refractivity contribution in [2.24, 2.45) is 4.99 Å². The van der Waals surface area contributed by atoms with Gasteiger partial charge in [-0.15, -0.1) is 24.0 Å². The summed E-state index contributed by atoms with van der Waals surface area (Å²) in [6, 6.07) is 9.46. The van der Waals surface area contributed by atoms with Gasteiger partial charge >= 0.3 is 0 Å². The molecule has 1 aliphatic rings. The van der Waals surface area contributed by atoms with Crippen LogP contribution in [0.15, 0.2) is 29.3 Å². The van der Waals surface area contributed by atoms with E-state index in [4.69, 9.17) is 4.99 Å². The molecule has 2 rings (SSSR count). The number of benzene rings is 1. The summed E-state index contributed by atoms with van der Waals surface area (Å²) in [5, 5.41) is 6.86. The Morgan fingerprint density at radius 2 is 2.00 bits per heavy atom. The fourth-order valence-electron chi connectivity index (χ4n) is 3.68. The fraction of sp³-hybridized carbons (Fsp3) is 0.682. The number of piperidine rings is 1. The second-order valence-electron chi connectivity index (χ2n) is 7.91. The predicted octanol–water partition coefficient (Wildman–Crippen LogP) is 3.69. The van der Waals surface area contributed by atoms with Crippen molar-refractivity contribution in [1.29, 1.82) is 0 Å². The normalized spacial score (nSPS) is 18.0. The van der Waals surface area contributed by atoms with Crippen LogP contribution in [0.3, 0.4) is 0 Å². The number of nitrogens with zero attached hydrogens (tertiary/aromatic N) is 3. The maximum Gasteiger partial charge on any atom is 0.191 e. The van der Waals surface area contributed by atoms with Gasteiger partial charge in [0.1, 0.15) is 0 Å². The summed E-state index contributed by atoms with van der Waals surface area (Å²) < 4.78 is 0. The fourth-order valence-corrected chi connectivity index (χ4v) is 3.68. The molecule has 1 fully saturated rings. The van der Waals surface area contributed by atoms with Gasteiger partial charge in [-0.2, -0.15) is 0 Å². The van der Waals surface area contributed by atoms with Gasteiger partial charge < -0.3 is 20.4 Å². The highest BCUT2D eigenvalue weighted by Gasteiger charge is 2.17. The van der Waals surface area contributed by atoms with Gasteiger partial charge in [0.15, 0.2) is 5.96 Å². The van der Waals surface area contributed by atoms with Crippen LogP contribution in [0.2, 0.25) is 0 Å². The molecule has 1 aliphatic heterocycles. The smallest absolute Gasteiger partial charge is 0.191 e. The van der Waals surface area contributed by atoms with Crippen LogP contribution in [0.1, 0.15) is 50.7 Å². The number of guanidine groups is 1. The van der Waals surface area contributed by atoms with Crippen LogP contribution in [0.5, 0.6) is 0 Å². The van der Waals surface area contributed by atoms with Crippen LogP contribution >= 0.6 is 24.0 Å². The van der Waals surface area contributed by atoms with Gasteiger partial charge in [-0.3, -0.25) is 0 Å². The largest absolute Gasteiger partial charge is 0.357 e. The average molecular weight is 502 g/mol. The van der Waals surface area contributed by atoms with E-state index in [1.54, 1.807) is 0 Å². The minimum atomic E-state index is 0. The lowest BCUT2D eigenvalue weighted by atomic mass is 10.0. The van der Waals surface area contributed by atoms with Crippen molar-refractivity contribution >= 4 is 29.9 Å². The zero-order valence-electron chi connectivity index (χ0n) is 18.2. The Bertz CT molecular complexity index is 576. The number of likely N-dealkylation sites (tertiary alicyclic amines) is 1. The number of aliphatic imine (C=N–C) groups is 1. The van der Waals surface area contributed by atoms with Crippen molar-refractivity contribution < 1.29 is 0 Å². The van der Waals surface area contributed by atoms with E-state index in [-0.39, 0.29) is 24.0 Å². The Morgan fingerprint density at radius 1 is 1.21 bits per heavy atom. The standard InChI is InChI=1S/C22H39N5.HI/c1-5-23-22(24-13-9-15-27-14-7-6-10-19(27)2)25-17-20-11-8-12-21(16-20)18-26(3)4;/h8,11-12,16,19H,5-7,9-10,13-15,17-18H2,1-4H3,(H2,23,24,25);1H. The van der Waals surface area contributed by atoms with Crippen LogP contribution in [-0.4, -0.2) is 62.1 Å². The third-order valence-corrected chi connectivity index (χ3v) is 5.11. The molecule has 1 aromatic rings. The number of hydrogen-bond acceptors (Lipinski definition) is 3. The molecule has 160 valence electrons. The second kappa shape index (κ2) is 14.2. The van der Waals surface area contributed by atoms with Crippen LogP contribution in [0.4, 0.5) is 0 Å². The van der Waals surface area contributed by atoms with Crippen molar-refractivity contribution in [1.82, 2.24) is 20.4 Å². The molecular formula is C22H40IN5. The van der Waals surface area contributed by atoms with E-state index in [9.17, 15) is 0 Å². The highest BCUT2D eigenvalue weighted by molar-refractivity contribution is 14.0. The van der Waals surface area contributed by atoms with Crippen molar-refractivity contribution in [3.63, 3.8) is 0 Å². The first-order valence-corrected chi connectivity index (χ1v) is 10.6. The van der Waals surface area contributed by atoms with Crippen molar-refractivity contribution in [3.05, 3.63) is 35.4 Å². The van der Waals surface area contributed by atoms with E-state index in [2.05, 4.69) is 72.6 Å². The number of rotatable bonds is 9. The van der Waals surface area contributed by atoms with Crippen LogP contribution < -0.4 is 10.6 Å². The summed E-state index contributed by atoms with van der Waals surface area (Å²) in [6.45, 7) is 10.4. The molecule has 0 radical (unpaired) electrons. The van der Waals surface area contributed by atoms with Gasteiger partial charge in [0.25, 0.3) is 0 Å². The maximum atomic E-state index is 4.77. The minimum absolute atomic E-state index is 0. The van der Waals surface area contributed by atoms with Gasteiger partial charge in [-0.1, -0.05) is 30.7 Å². The van der Waals surface area contributed by atoms with Crippen LogP contribution in [0.25, 0.3) is 0 Å². The zero-order valence-corrected chi connectivity index (χ0v) is 20.5. The topological polar surface area (TPSA) is 42.9 Å². The first-order valence-electron chi connectivity index (χ1n) is 10.6. The van der Waals surface area contributed by atoms with Crippen molar-refractivity contribution in [2.75, 3.05) is 40.3 Å². The van der Waals surface area contributed by atoms with E-state index in [1.165, 1.54) is 43.5 Å². The summed E-state index contributed by atoms with van der Waals surface area (Å²) >= 11 is 0. The summed E-state index contributed by atoms with van der Waals surface area (Å²) in [5.41, 5.74) is 2.59. The van der Waals surface area contributed by atoms with Gasteiger partial charge in [-0.05, 0) is 64.9 Å². The molecule has 1 saturated heterocycles. The van der Waals surface area contributed by atoms with Gasteiger partial charge in [0.2, 0.25) is 0 Å². The third kappa shape index (κ3) is 9.56. The van der Waals surface area contributed by atoms with Gasteiger partial charge in [0, 0.05) is 32.2 Å². The molecule has 1 atom stereocenters. The Labute approximate surface area is 189 Å². The molecule has 0 amide bonds. The van der Waals surface area contributed by atoms with E-state index < -0.39 is 0 Å². The SMILES string of the molecule is CCNC(=NCc1cccc(CN(C)C)c1)NCCCN1CCCCC1C.I. The highest BCUT2D eigenvalue weighted by atomic mass is 127. The average Bonchev–Trinajstić information content (AvgIpc) is 2.64. The molecule has 1 heterocycles. The molecule has 0 aromatic heterocycles. The van der Waals surface area contributed by atoms with E-state index in [0.29, 0.717) is 6.54 Å². The molecule has 2 N–H and O–H groups in total. The van der Waals surface area contributed by atoms with Crippen LogP contribution in [0, 0.1) is 0 Å². The molecule has 0 saturated carbocycles. The number of nitrogens with one attached hydrogen (secondary N) is 2. The summed E-state index contributed by atoms with van der Waals surface area (Å²) in [5.74, 6) is 0.919. The first-order chi connectivity index (χ1) is 13.1. The molecule has 6 heteroatoms. The molecule has 0 bridgehead atoms. The van der Waals surface area contributed by atoms with E-state index in [0.717, 1.165) is 38.1 Å². The van der Waals surface area contributed by atoms with E-state index in [1.807, 2.05) is 0 Å². The summed E-state index contributed by atoms with van der Waals surface area (Å²) in [7, 11) is 4.20. The molecule has 0 spiro atoms. The van der Waals surface area contributed by atoms with Gasteiger partial charge in [-0.25, -0.2) is 4.99 Å². The lowest BCUT2D eigenvalue weighted by Gasteiger charge is -2.33. The molecular weight excluding hydrogens is 461 g/mol. The minimum Gasteiger partial charge on any atom is -0.357 e. The van der Waals surface area contributed by atoms with Crippen LogP contribution in [-0.2, 0) is 13.1 Å². The van der Waals surface area contributed by atoms with Crippen molar-refractivity contribution in [3.8, 4) is 0 Å². The molecule has 0 aliphatic carbocycles. The quantitative estimate of drug-likeness (QED) is 0.235. The maximum absolute atomic E-state index is 4.77. The third-order valence-electron chi connectivity index (χ3n) is 5.11. The lowest BCUT2D eigenvalue weighted by molar-refractivity contribution is 0.159. The Morgan fingerprint density at radius 3 is 2.71 bits per heavy atom. The monoisotopic (exact) mass is 501 g/mol. The molecule has 1 unspecified atom stereocenters. The Balaban J connectivity index is 0.00000392. The second-order valence-corrected chi connectivity index (χ2v) is 7.91. The Hall–Kier alpha value is -0.860. The van der Waals surface area contributed by atoms with Gasteiger partial charge in [0.05, 0.1) is 6.54 Å².